The van der Waals surface area contributed by atoms with Crippen LogP contribution in [0.1, 0.15) is 71.1 Å². The van der Waals surface area contributed by atoms with Crippen LogP contribution in [0.3, 0.4) is 0 Å². The molecular formula is C23H38N3O2S+. The van der Waals surface area contributed by atoms with Gasteiger partial charge in [-0.15, -0.1) is 3.97 Å². The molecule has 0 saturated heterocycles. The van der Waals surface area contributed by atoms with Gasteiger partial charge in [-0.1, -0.05) is 88.6 Å². The molecule has 0 bridgehead atoms. The molecule has 162 valence electrons. The number of hydrogen-bond acceptors (Lipinski definition) is 2. The molecule has 1 aromatic heterocycles. The van der Waals surface area contributed by atoms with Gasteiger partial charge < -0.3 is 0 Å². The van der Waals surface area contributed by atoms with Gasteiger partial charge in [0, 0.05) is 19.7 Å². The summed E-state index contributed by atoms with van der Waals surface area (Å²) >= 11 is 0. The van der Waals surface area contributed by atoms with Crippen molar-refractivity contribution in [2.24, 2.45) is 0 Å². The topological polar surface area (TPSA) is 46.2 Å². The van der Waals surface area contributed by atoms with Crippen LogP contribution >= 0.6 is 0 Å². The molecule has 0 aliphatic rings. The minimum absolute atomic E-state index is 0.700. The van der Waals surface area contributed by atoms with Crippen molar-refractivity contribution in [1.82, 2.24) is 8.28 Å². The fourth-order valence-corrected chi connectivity index (χ4v) is 4.51. The monoisotopic (exact) mass is 420 g/mol. The average Bonchev–Trinajstić information content (AvgIpc) is 3.15. The van der Waals surface area contributed by atoms with Crippen molar-refractivity contribution in [3.63, 3.8) is 0 Å². The summed E-state index contributed by atoms with van der Waals surface area (Å²) in [7, 11) is -0.426. The van der Waals surface area contributed by atoms with Crippen molar-refractivity contribution in [3.05, 3.63) is 42.9 Å². The Balaban J connectivity index is 1.89. The molecule has 0 spiro atoms. The van der Waals surface area contributed by atoms with E-state index in [-0.39, 0.29) is 0 Å². The quantitative estimate of drug-likeness (QED) is 0.318. The van der Waals surface area contributed by atoms with E-state index >= 15 is 0 Å². The summed E-state index contributed by atoms with van der Waals surface area (Å²) < 4.78 is 30.2. The molecule has 0 unspecified atom stereocenters. The Kier molecular flexibility index (Phi) is 9.88. The first-order valence-electron chi connectivity index (χ1n) is 11.1. The molecule has 0 saturated carbocycles. The maximum Gasteiger partial charge on any atom is 0.379 e. The predicted octanol–water partition coefficient (Wildman–Crippen LogP) is 5.02. The van der Waals surface area contributed by atoms with Gasteiger partial charge in [0.25, 0.3) is 6.33 Å². The van der Waals surface area contributed by atoms with Crippen molar-refractivity contribution in [2.75, 3.05) is 14.1 Å². The van der Waals surface area contributed by atoms with Crippen LogP contribution in [0.5, 0.6) is 0 Å². The molecule has 1 heterocycles. The van der Waals surface area contributed by atoms with E-state index in [0.717, 1.165) is 18.5 Å². The zero-order valence-corrected chi connectivity index (χ0v) is 19.2. The number of hydrogen-bond donors (Lipinski definition) is 0. The molecule has 0 aliphatic heterocycles. The maximum absolute atomic E-state index is 12.8. The van der Waals surface area contributed by atoms with Crippen molar-refractivity contribution >= 4 is 10.2 Å². The van der Waals surface area contributed by atoms with E-state index in [1.165, 1.54) is 66.1 Å². The number of unbranched alkanes of at least 4 members (excludes halogenated alkanes) is 9. The minimum Gasteiger partial charge on any atom is -0.235 e. The zero-order chi connectivity index (χ0) is 21.1. The lowest BCUT2D eigenvalue weighted by molar-refractivity contribution is -0.696. The third-order valence-electron chi connectivity index (χ3n) is 5.33. The Labute approximate surface area is 177 Å². The molecule has 0 amide bonds. The molecule has 0 N–H and O–H groups in total. The largest absolute Gasteiger partial charge is 0.379 e. The van der Waals surface area contributed by atoms with Gasteiger partial charge in [0.05, 0.1) is 6.54 Å². The summed E-state index contributed by atoms with van der Waals surface area (Å²) in [6, 6.07) is 9.70. The van der Waals surface area contributed by atoms with E-state index in [9.17, 15) is 8.42 Å². The zero-order valence-electron chi connectivity index (χ0n) is 18.4. The summed E-state index contributed by atoms with van der Waals surface area (Å²) in [5.41, 5.74) is 1.60. The standard InChI is InChI=1S/C23H38N3O2S/c1-4-5-6-7-8-9-10-11-12-16-19-25-20-23(22-17-14-13-15-18-22)26(21-25)29(27,28)24(2)3/h13-15,17-18,20-21H,4-12,16,19H2,1-3H3/q+1. The number of nitrogens with zero attached hydrogens (tertiary/aromatic N) is 3. The van der Waals surface area contributed by atoms with E-state index in [0.29, 0.717) is 5.69 Å². The van der Waals surface area contributed by atoms with Crippen molar-refractivity contribution in [3.8, 4) is 11.3 Å². The van der Waals surface area contributed by atoms with Crippen LogP contribution in [0.2, 0.25) is 0 Å². The van der Waals surface area contributed by atoms with Gasteiger partial charge in [-0.05, 0) is 12.8 Å². The molecule has 2 rings (SSSR count). The second-order valence-corrected chi connectivity index (χ2v) is 10.0. The summed E-state index contributed by atoms with van der Waals surface area (Å²) in [6.45, 7) is 3.09. The molecule has 0 fully saturated rings. The highest BCUT2D eigenvalue weighted by molar-refractivity contribution is 7.87. The van der Waals surface area contributed by atoms with Crippen LogP contribution in [-0.4, -0.2) is 30.8 Å². The molecular weight excluding hydrogens is 382 g/mol. The van der Waals surface area contributed by atoms with Crippen LogP contribution in [0.25, 0.3) is 11.3 Å². The highest BCUT2D eigenvalue weighted by Gasteiger charge is 2.28. The summed E-state index contributed by atoms with van der Waals surface area (Å²) in [4.78, 5) is 0. The lowest BCUT2D eigenvalue weighted by atomic mass is 10.1. The highest BCUT2D eigenvalue weighted by Crippen LogP contribution is 2.20. The van der Waals surface area contributed by atoms with E-state index in [1.54, 1.807) is 20.4 Å². The molecule has 0 aliphatic carbocycles. The summed E-state index contributed by atoms with van der Waals surface area (Å²) in [5.74, 6) is 0. The summed E-state index contributed by atoms with van der Waals surface area (Å²) in [5, 5.41) is 0. The molecule has 5 nitrogen and oxygen atoms in total. The third-order valence-corrected chi connectivity index (χ3v) is 7.04. The fraction of sp³-hybridized carbons (Fsp3) is 0.609. The van der Waals surface area contributed by atoms with E-state index < -0.39 is 10.2 Å². The Morgan fingerprint density at radius 3 is 1.97 bits per heavy atom. The number of rotatable bonds is 14. The second-order valence-electron chi connectivity index (χ2n) is 8.00. The van der Waals surface area contributed by atoms with Gasteiger partial charge >= 0.3 is 10.2 Å². The van der Waals surface area contributed by atoms with Crippen molar-refractivity contribution in [1.29, 1.82) is 0 Å². The van der Waals surface area contributed by atoms with Crippen LogP contribution < -0.4 is 4.57 Å². The predicted molar refractivity (Wildman–Crippen MR) is 120 cm³/mol. The second kappa shape index (κ2) is 12.1. The van der Waals surface area contributed by atoms with Gasteiger partial charge in [-0.25, -0.2) is 4.57 Å². The summed E-state index contributed by atoms with van der Waals surface area (Å²) in [6.07, 6.45) is 16.6. The van der Waals surface area contributed by atoms with Crippen LogP contribution in [0, 0.1) is 0 Å². The molecule has 6 heteroatoms. The number of benzene rings is 1. The highest BCUT2D eigenvalue weighted by atomic mass is 32.2. The average molecular weight is 421 g/mol. The first kappa shape index (κ1) is 23.6. The molecule has 29 heavy (non-hydrogen) atoms. The Bertz CT molecular complexity index is 814. The van der Waals surface area contributed by atoms with Gasteiger partial charge in [0.2, 0.25) is 0 Å². The fourth-order valence-electron chi connectivity index (χ4n) is 3.52. The maximum atomic E-state index is 12.8. The van der Waals surface area contributed by atoms with E-state index in [2.05, 4.69) is 6.92 Å². The lowest BCUT2D eigenvalue weighted by Gasteiger charge is -2.08. The lowest BCUT2D eigenvalue weighted by Crippen LogP contribution is -2.33. The van der Waals surface area contributed by atoms with Gasteiger partial charge in [0.1, 0.15) is 6.20 Å². The van der Waals surface area contributed by atoms with Gasteiger partial charge in [-0.2, -0.15) is 12.7 Å². The number of aromatic nitrogens is 2. The van der Waals surface area contributed by atoms with Crippen LogP contribution in [0.15, 0.2) is 42.9 Å². The SMILES string of the molecule is CCCCCCCCCCCC[n+]1cc(-c2ccccc2)n(S(=O)(=O)N(C)C)c1. The van der Waals surface area contributed by atoms with Gasteiger partial charge in [0.15, 0.2) is 5.69 Å². The Morgan fingerprint density at radius 1 is 0.862 bits per heavy atom. The van der Waals surface area contributed by atoms with Crippen molar-refractivity contribution < 1.29 is 13.0 Å². The number of imidazole rings is 1. The smallest absolute Gasteiger partial charge is 0.235 e. The van der Waals surface area contributed by atoms with Crippen LogP contribution in [0.4, 0.5) is 0 Å². The Morgan fingerprint density at radius 2 is 1.41 bits per heavy atom. The molecule has 0 atom stereocenters. The van der Waals surface area contributed by atoms with E-state index in [1.807, 2.05) is 41.1 Å². The number of aryl methyl sites for hydroxylation is 1. The molecule has 1 aromatic carbocycles. The normalized spacial score (nSPS) is 12.0. The first-order valence-corrected chi connectivity index (χ1v) is 12.5. The third kappa shape index (κ3) is 7.27. The van der Waals surface area contributed by atoms with Gasteiger partial charge in [-0.3, -0.25) is 0 Å². The Hall–Kier alpha value is -1.66. The minimum atomic E-state index is -3.56. The van der Waals surface area contributed by atoms with E-state index in [4.69, 9.17) is 0 Å². The molecule has 0 radical (unpaired) electrons. The van der Waals surface area contributed by atoms with Crippen LogP contribution in [-0.2, 0) is 16.8 Å². The molecule has 2 aromatic rings. The first-order chi connectivity index (χ1) is 14.0. The van der Waals surface area contributed by atoms with Crippen molar-refractivity contribution in [2.45, 2.75) is 77.7 Å².